The summed E-state index contributed by atoms with van der Waals surface area (Å²) in [6, 6.07) is 15.6. The van der Waals surface area contributed by atoms with Gasteiger partial charge in [0.25, 0.3) is 17.1 Å². The average molecular weight is 498 g/mol. The zero-order valence-electron chi connectivity index (χ0n) is 19.2. The number of carbonyl (C=O) groups excluding carboxylic acids is 4. The summed E-state index contributed by atoms with van der Waals surface area (Å²) >= 11 is 2.51. The van der Waals surface area contributed by atoms with Crippen molar-refractivity contribution < 1.29 is 19.2 Å². The van der Waals surface area contributed by atoms with E-state index >= 15 is 0 Å². The molecule has 1 aliphatic rings. The summed E-state index contributed by atoms with van der Waals surface area (Å²) in [6.45, 7) is 3.82. The minimum absolute atomic E-state index is 0.0522. The highest BCUT2D eigenvalue weighted by molar-refractivity contribution is 8.18. The number of nitrogens with one attached hydrogen (secondary N) is 2. The Labute approximate surface area is 207 Å². The quantitative estimate of drug-likeness (QED) is 0.401. The molecule has 1 atom stereocenters. The Hall–Kier alpha value is -3.04. The van der Waals surface area contributed by atoms with Crippen LogP contribution in [0.4, 0.5) is 4.79 Å². The maximum atomic E-state index is 12.7. The van der Waals surface area contributed by atoms with Gasteiger partial charge in [0, 0.05) is 23.5 Å². The fraction of sp³-hybridized carbons (Fsp3) is 0.280. The van der Waals surface area contributed by atoms with Gasteiger partial charge in [0.2, 0.25) is 5.91 Å². The van der Waals surface area contributed by atoms with Gasteiger partial charge in [0.05, 0.1) is 4.91 Å². The summed E-state index contributed by atoms with van der Waals surface area (Å²) in [4.78, 5) is 52.8. The van der Waals surface area contributed by atoms with Crippen molar-refractivity contribution >= 4 is 52.6 Å². The molecular formula is C25H27N3O4S2. The van der Waals surface area contributed by atoms with E-state index in [0.717, 1.165) is 27.1 Å². The lowest BCUT2D eigenvalue weighted by Gasteiger charge is -2.22. The van der Waals surface area contributed by atoms with Gasteiger partial charge in [-0.1, -0.05) is 44.2 Å². The molecule has 1 aliphatic heterocycles. The molecule has 1 heterocycles. The summed E-state index contributed by atoms with van der Waals surface area (Å²) < 4.78 is 0. The van der Waals surface area contributed by atoms with Crippen molar-refractivity contribution in [1.82, 2.24) is 15.5 Å². The fourth-order valence-electron chi connectivity index (χ4n) is 3.29. The molecule has 2 N–H and O–H groups in total. The van der Waals surface area contributed by atoms with Crippen LogP contribution in [-0.2, 0) is 9.59 Å². The Bertz CT molecular complexity index is 1090. The molecule has 0 saturated carbocycles. The second kappa shape index (κ2) is 11.9. The summed E-state index contributed by atoms with van der Waals surface area (Å²) in [6.07, 6.45) is 3.68. The first kappa shape index (κ1) is 25.6. The van der Waals surface area contributed by atoms with E-state index in [1.54, 1.807) is 42.1 Å². The molecule has 0 aromatic heterocycles. The molecule has 178 valence electrons. The van der Waals surface area contributed by atoms with Crippen molar-refractivity contribution in [3.05, 3.63) is 70.6 Å². The van der Waals surface area contributed by atoms with E-state index in [0.29, 0.717) is 10.5 Å². The van der Waals surface area contributed by atoms with Gasteiger partial charge < -0.3 is 10.6 Å². The van der Waals surface area contributed by atoms with E-state index in [-0.39, 0.29) is 42.0 Å². The number of imide groups is 1. The molecule has 0 radical (unpaired) electrons. The fourth-order valence-corrected chi connectivity index (χ4v) is 4.57. The Morgan fingerprint density at radius 3 is 2.35 bits per heavy atom. The Morgan fingerprint density at radius 1 is 1.06 bits per heavy atom. The Morgan fingerprint density at radius 2 is 1.74 bits per heavy atom. The van der Waals surface area contributed by atoms with Crippen molar-refractivity contribution in [2.75, 3.05) is 19.3 Å². The predicted octanol–water partition coefficient (Wildman–Crippen LogP) is 4.02. The zero-order chi connectivity index (χ0) is 24.7. The molecule has 1 fully saturated rings. The number of nitrogens with zero attached hydrogens (tertiary/aromatic N) is 1. The van der Waals surface area contributed by atoms with Gasteiger partial charge in [-0.2, -0.15) is 0 Å². The smallest absolute Gasteiger partial charge is 0.293 e. The number of hydrogen-bond acceptors (Lipinski definition) is 6. The normalized spacial score (nSPS) is 15.6. The summed E-state index contributed by atoms with van der Waals surface area (Å²) in [5, 5.41) is 5.12. The Kier molecular flexibility index (Phi) is 8.95. The van der Waals surface area contributed by atoms with Crippen molar-refractivity contribution in [3.8, 4) is 0 Å². The minimum atomic E-state index is -0.744. The van der Waals surface area contributed by atoms with Crippen LogP contribution in [0.5, 0.6) is 0 Å². The van der Waals surface area contributed by atoms with Gasteiger partial charge in [-0.15, -0.1) is 11.8 Å². The van der Waals surface area contributed by atoms with Crippen LogP contribution in [0, 0.1) is 5.92 Å². The average Bonchev–Trinajstić information content (AvgIpc) is 3.10. The van der Waals surface area contributed by atoms with E-state index in [9.17, 15) is 19.2 Å². The zero-order valence-corrected chi connectivity index (χ0v) is 20.9. The van der Waals surface area contributed by atoms with Gasteiger partial charge in [0.1, 0.15) is 6.04 Å². The van der Waals surface area contributed by atoms with E-state index in [2.05, 4.69) is 10.6 Å². The van der Waals surface area contributed by atoms with Crippen LogP contribution in [0.2, 0.25) is 0 Å². The lowest BCUT2D eigenvalue weighted by atomic mass is 10.0. The first-order chi connectivity index (χ1) is 16.3. The van der Waals surface area contributed by atoms with E-state index in [1.807, 2.05) is 50.4 Å². The number of benzene rings is 2. The maximum Gasteiger partial charge on any atom is 0.293 e. The van der Waals surface area contributed by atoms with Crippen LogP contribution in [0.25, 0.3) is 6.08 Å². The van der Waals surface area contributed by atoms with Crippen LogP contribution in [0.1, 0.15) is 29.8 Å². The molecule has 7 nitrogen and oxygen atoms in total. The molecule has 0 bridgehead atoms. The highest BCUT2D eigenvalue weighted by atomic mass is 32.2. The second-order valence-corrected chi connectivity index (χ2v) is 9.83. The van der Waals surface area contributed by atoms with Crippen LogP contribution >= 0.6 is 23.5 Å². The number of rotatable bonds is 9. The van der Waals surface area contributed by atoms with Crippen LogP contribution in [-0.4, -0.2) is 53.2 Å². The molecule has 2 aromatic rings. The Balaban J connectivity index is 1.56. The highest BCUT2D eigenvalue weighted by Gasteiger charge is 2.35. The monoisotopic (exact) mass is 497 g/mol. The predicted molar refractivity (Wildman–Crippen MR) is 136 cm³/mol. The topological polar surface area (TPSA) is 95.6 Å². The summed E-state index contributed by atoms with van der Waals surface area (Å²) in [5.41, 5.74) is 1.30. The molecule has 9 heteroatoms. The number of amides is 4. The molecule has 34 heavy (non-hydrogen) atoms. The number of thioether (sulfide) groups is 2. The first-order valence-corrected chi connectivity index (χ1v) is 12.9. The second-order valence-electron chi connectivity index (χ2n) is 7.96. The molecule has 4 amide bonds. The molecule has 3 rings (SSSR count). The standard InChI is InChI=1S/C25H27N3O4S2/c1-16(2)21(27-22(29)18-7-5-4-6-8-18)23(30)26-13-14-28-24(31)20(34-25(28)32)15-17-9-11-19(33-3)12-10-17/h4-12,15-16,21H,13-14H2,1-3H3,(H,26,30)(H,27,29)/b20-15-/t21-/m0/s1. The van der Waals surface area contributed by atoms with Crippen molar-refractivity contribution in [3.63, 3.8) is 0 Å². The van der Waals surface area contributed by atoms with E-state index < -0.39 is 6.04 Å². The van der Waals surface area contributed by atoms with Crippen LogP contribution in [0.3, 0.4) is 0 Å². The largest absolute Gasteiger partial charge is 0.353 e. The van der Waals surface area contributed by atoms with Gasteiger partial charge in [-0.25, -0.2) is 0 Å². The van der Waals surface area contributed by atoms with Gasteiger partial charge >= 0.3 is 0 Å². The van der Waals surface area contributed by atoms with Crippen LogP contribution in [0.15, 0.2) is 64.4 Å². The lowest BCUT2D eigenvalue weighted by Crippen LogP contribution is -2.51. The first-order valence-electron chi connectivity index (χ1n) is 10.8. The molecule has 0 unspecified atom stereocenters. The number of carbonyl (C=O) groups is 4. The lowest BCUT2D eigenvalue weighted by molar-refractivity contribution is -0.125. The third kappa shape index (κ3) is 6.51. The molecule has 0 spiro atoms. The van der Waals surface area contributed by atoms with Crippen molar-refractivity contribution in [2.24, 2.45) is 5.92 Å². The SMILES string of the molecule is CSc1ccc(/C=C2\SC(=O)N(CCNC(=O)[C@@H](NC(=O)c3ccccc3)C(C)C)C2=O)cc1. The molecular weight excluding hydrogens is 470 g/mol. The highest BCUT2D eigenvalue weighted by Crippen LogP contribution is 2.32. The number of hydrogen-bond donors (Lipinski definition) is 2. The minimum Gasteiger partial charge on any atom is -0.353 e. The molecule has 1 saturated heterocycles. The summed E-state index contributed by atoms with van der Waals surface area (Å²) in [5.74, 6) is -1.23. The van der Waals surface area contributed by atoms with E-state index in [1.165, 1.54) is 0 Å². The van der Waals surface area contributed by atoms with E-state index in [4.69, 9.17) is 0 Å². The van der Waals surface area contributed by atoms with Crippen LogP contribution < -0.4 is 10.6 Å². The maximum absolute atomic E-state index is 12.7. The van der Waals surface area contributed by atoms with Gasteiger partial charge in [0.15, 0.2) is 0 Å². The van der Waals surface area contributed by atoms with Gasteiger partial charge in [-0.3, -0.25) is 24.1 Å². The third-order valence-corrected chi connectivity index (χ3v) is 6.84. The van der Waals surface area contributed by atoms with Gasteiger partial charge in [-0.05, 0) is 59.8 Å². The summed E-state index contributed by atoms with van der Waals surface area (Å²) in [7, 11) is 0. The third-order valence-electron chi connectivity index (χ3n) is 5.19. The van der Waals surface area contributed by atoms with Crippen molar-refractivity contribution in [1.29, 1.82) is 0 Å². The van der Waals surface area contributed by atoms with Crippen molar-refractivity contribution in [2.45, 2.75) is 24.8 Å². The molecule has 0 aliphatic carbocycles. The molecule has 2 aromatic carbocycles.